The molecule has 8 heteroatoms. The van der Waals surface area contributed by atoms with E-state index in [0.717, 1.165) is 5.56 Å². The van der Waals surface area contributed by atoms with Crippen molar-refractivity contribution in [1.82, 2.24) is 0 Å². The number of anilines is 1. The number of carbonyl (C=O) groups excluding carboxylic acids is 1. The van der Waals surface area contributed by atoms with Crippen molar-refractivity contribution in [1.29, 1.82) is 0 Å². The Morgan fingerprint density at radius 2 is 1.31 bits per heavy atom. The summed E-state index contributed by atoms with van der Waals surface area (Å²) < 4.78 is 52.9. The van der Waals surface area contributed by atoms with Crippen LogP contribution in [0.2, 0.25) is 0 Å². The van der Waals surface area contributed by atoms with Crippen LogP contribution in [-0.2, 0) is 10.2 Å². The molecule has 0 radical (unpaired) electrons. The fourth-order valence-corrected chi connectivity index (χ4v) is 3.30. The van der Waals surface area contributed by atoms with Gasteiger partial charge in [0.1, 0.15) is 17.1 Å². The van der Waals surface area contributed by atoms with E-state index in [-0.39, 0.29) is 11.2 Å². The lowest BCUT2D eigenvalue weighted by molar-refractivity contribution is -0.274. The molecular weight excluding hydrogens is 471 g/mol. The number of nitrogens with one attached hydrogen (secondary N) is 1. The Morgan fingerprint density at radius 1 is 0.750 bits per heavy atom. The van der Waals surface area contributed by atoms with Gasteiger partial charge in [-0.2, -0.15) is 0 Å². The second kappa shape index (κ2) is 10.1. The lowest BCUT2D eigenvalue weighted by Gasteiger charge is -2.21. The van der Waals surface area contributed by atoms with Crippen LogP contribution in [0.4, 0.5) is 23.7 Å². The number of alkyl halides is 3. The molecule has 3 aromatic rings. The maximum Gasteiger partial charge on any atom is 0.573 e. The molecule has 1 amide bonds. The van der Waals surface area contributed by atoms with Gasteiger partial charge in [-0.05, 0) is 79.3 Å². The lowest BCUT2D eigenvalue weighted by Crippen LogP contribution is -2.27. The van der Waals surface area contributed by atoms with Crippen molar-refractivity contribution in [2.45, 2.75) is 58.9 Å². The SMILES string of the molecule is CC(C)(C)OC(=O)Nc1ccc(-c2ccc(OC(F)(F)F)cc2)cc1Oc1ccc(C(C)(C)C)cc1. The first-order valence-corrected chi connectivity index (χ1v) is 11.4. The van der Waals surface area contributed by atoms with Crippen molar-refractivity contribution in [3.63, 3.8) is 0 Å². The van der Waals surface area contributed by atoms with Crippen LogP contribution >= 0.6 is 0 Å². The summed E-state index contributed by atoms with van der Waals surface area (Å²) in [4.78, 5) is 12.4. The molecule has 0 saturated heterocycles. The Bertz CT molecular complexity index is 1190. The predicted octanol–water partition coefficient (Wildman–Crippen LogP) is 8.69. The van der Waals surface area contributed by atoms with Crippen molar-refractivity contribution in [2.24, 2.45) is 0 Å². The number of carbonyl (C=O) groups is 1. The third-order valence-electron chi connectivity index (χ3n) is 4.99. The van der Waals surface area contributed by atoms with E-state index >= 15 is 0 Å². The quantitative estimate of drug-likeness (QED) is 0.380. The number of amides is 1. The van der Waals surface area contributed by atoms with Gasteiger partial charge in [0.25, 0.3) is 0 Å². The maximum absolute atomic E-state index is 12.5. The summed E-state index contributed by atoms with van der Waals surface area (Å²) in [7, 11) is 0. The molecule has 0 spiro atoms. The summed E-state index contributed by atoms with van der Waals surface area (Å²) in [6, 6.07) is 18.2. The van der Waals surface area contributed by atoms with Crippen molar-refractivity contribution in [2.75, 3.05) is 5.32 Å². The summed E-state index contributed by atoms with van der Waals surface area (Å²) in [5.74, 6) is 0.587. The number of rotatable bonds is 5. The smallest absolute Gasteiger partial charge is 0.455 e. The Labute approximate surface area is 209 Å². The highest BCUT2D eigenvalue weighted by Crippen LogP contribution is 2.36. The van der Waals surface area contributed by atoms with Crippen LogP contribution in [0.3, 0.4) is 0 Å². The lowest BCUT2D eigenvalue weighted by atomic mass is 9.87. The molecule has 0 aliphatic rings. The van der Waals surface area contributed by atoms with Gasteiger partial charge >= 0.3 is 12.5 Å². The monoisotopic (exact) mass is 501 g/mol. The molecule has 3 rings (SSSR count). The van der Waals surface area contributed by atoms with Crippen LogP contribution in [0, 0.1) is 0 Å². The minimum atomic E-state index is -4.76. The topological polar surface area (TPSA) is 56.8 Å². The van der Waals surface area contributed by atoms with E-state index in [1.165, 1.54) is 24.3 Å². The molecule has 0 bridgehead atoms. The van der Waals surface area contributed by atoms with Crippen molar-refractivity contribution < 1.29 is 32.2 Å². The fraction of sp³-hybridized carbons (Fsp3) is 0.321. The molecule has 1 N–H and O–H groups in total. The third kappa shape index (κ3) is 7.93. The normalized spacial score (nSPS) is 12.1. The molecule has 192 valence electrons. The van der Waals surface area contributed by atoms with Gasteiger partial charge in [-0.15, -0.1) is 13.2 Å². The van der Waals surface area contributed by atoms with E-state index in [1.807, 2.05) is 24.3 Å². The minimum Gasteiger partial charge on any atom is -0.455 e. The van der Waals surface area contributed by atoms with Crippen molar-refractivity contribution >= 4 is 11.8 Å². The molecule has 0 saturated carbocycles. The van der Waals surface area contributed by atoms with Crippen molar-refractivity contribution in [3.05, 3.63) is 72.3 Å². The third-order valence-corrected chi connectivity index (χ3v) is 4.99. The number of hydrogen-bond donors (Lipinski definition) is 1. The average molecular weight is 502 g/mol. The summed E-state index contributed by atoms with van der Waals surface area (Å²) in [5, 5.41) is 2.71. The van der Waals surface area contributed by atoms with Gasteiger partial charge in [0.15, 0.2) is 5.75 Å². The Kier molecular flexibility index (Phi) is 7.57. The highest BCUT2D eigenvalue weighted by molar-refractivity contribution is 5.88. The van der Waals surface area contributed by atoms with E-state index in [4.69, 9.17) is 9.47 Å². The first kappa shape index (κ1) is 26.9. The fourth-order valence-electron chi connectivity index (χ4n) is 3.30. The van der Waals surface area contributed by atoms with Crippen molar-refractivity contribution in [3.8, 4) is 28.4 Å². The van der Waals surface area contributed by atoms with E-state index in [0.29, 0.717) is 28.3 Å². The molecule has 0 atom stereocenters. The average Bonchev–Trinajstić information content (AvgIpc) is 2.73. The Hall–Kier alpha value is -3.68. The molecule has 0 fully saturated rings. The zero-order valence-corrected chi connectivity index (χ0v) is 21.1. The van der Waals surface area contributed by atoms with Crippen LogP contribution in [0.1, 0.15) is 47.1 Å². The highest BCUT2D eigenvalue weighted by atomic mass is 19.4. The van der Waals surface area contributed by atoms with Crippen LogP contribution < -0.4 is 14.8 Å². The van der Waals surface area contributed by atoms with Gasteiger partial charge in [-0.25, -0.2) is 4.79 Å². The van der Waals surface area contributed by atoms with Gasteiger partial charge in [-0.3, -0.25) is 5.32 Å². The molecule has 0 heterocycles. The van der Waals surface area contributed by atoms with Gasteiger partial charge in [0.05, 0.1) is 5.69 Å². The summed E-state index contributed by atoms with van der Waals surface area (Å²) in [6.45, 7) is 11.6. The molecule has 3 aromatic carbocycles. The molecule has 36 heavy (non-hydrogen) atoms. The summed E-state index contributed by atoms with van der Waals surface area (Å²) in [5.41, 5.74) is 2.12. The van der Waals surface area contributed by atoms with E-state index < -0.39 is 18.1 Å². The van der Waals surface area contributed by atoms with Gasteiger partial charge < -0.3 is 14.2 Å². The van der Waals surface area contributed by atoms with Crippen LogP contribution in [0.25, 0.3) is 11.1 Å². The molecule has 0 unspecified atom stereocenters. The van der Waals surface area contributed by atoms with E-state index in [1.54, 1.807) is 39.0 Å². The van der Waals surface area contributed by atoms with Crippen LogP contribution in [-0.4, -0.2) is 18.1 Å². The number of benzene rings is 3. The van der Waals surface area contributed by atoms with Gasteiger partial charge in [0, 0.05) is 0 Å². The largest absolute Gasteiger partial charge is 0.573 e. The van der Waals surface area contributed by atoms with Gasteiger partial charge in [0.2, 0.25) is 0 Å². The second-order valence-electron chi connectivity index (χ2n) is 10.3. The molecule has 0 aromatic heterocycles. The van der Waals surface area contributed by atoms with Gasteiger partial charge in [-0.1, -0.05) is 51.1 Å². The Balaban J connectivity index is 1.92. The van der Waals surface area contributed by atoms with E-state index in [2.05, 4.69) is 30.8 Å². The van der Waals surface area contributed by atoms with E-state index in [9.17, 15) is 18.0 Å². The van der Waals surface area contributed by atoms with Crippen LogP contribution in [0.15, 0.2) is 66.7 Å². The zero-order valence-electron chi connectivity index (χ0n) is 21.1. The molecular formula is C28H30F3NO4. The first-order chi connectivity index (χ1) is 16.6. The molecule has 5 nitrogen and oxygen atoms in total. The maximum atomic E-state index is 12.5. The zero-order chi connectivity index (χ0) is 26.7. The second-order valence-corrected chi connectivity index (χ2v) is 10.3. The first-order valence-electron chi connectivity index (χ1n) is 11.4. The number of hydrogen-bond acceptors (Lipinski definition) is 4. The Morgan fingerprint density at radius 3 is 1.83 bits per heavy atom. The number of ether oxygens (including phenoxy) is 3. The summed E-state index contributed by atoms with van der Waals surface area (Å²) >= 11 is 0. The summed E-state index contributed by atoms with van der Waals surface area (Å²) in [6.07, 6.45) is -5.41. The standard InChI is InChI=1S/C28H30F3NO4/c1-26(2,3)20-10-14-21(15-11-20)34-24-17-19(9-16-23(24)32-25(33)36-27(4,5)6)18-7-12-22(13-8-18)35-28(29,30)31/h7-17H,1-6H3,(H,32,33). The predicted molar refractivity (Wildman–Crippen MR) is 134 cm³/mol. The molecule has 0 aliphatic heterocycles. The van der Waals surface area contributed by atoms with Crippen LogP contribution in [0.5, 0.6) is 17.2 Å². The number of halogens is 3. The highest BCUT2D eigenvalue weighted by Gasteiger charge is 2.31. The minimum absolute atomic E-state index is 0.0239. The molecule has 0 aliphatic carbocycles.